The fraction of sp³-hybridized carbons (Fsp3) is 0.275. The number of ether oxygens (including phenoxy) is 4. The van der Waals surface area contributed by atoms with E-state index < -0.39 is 30.2 Å². The molecule has 0 spiro atoms. The Balaban J connectivity index is 0.000000463. The molecular formula is C40H47ClN2O8S. The smallest absolute Gasteiger partial charge is 0.408 e. The van der Waals surface area contributed by atoms with Crippen molar-refractivity contribution in [1.29, 1.82) is 0 Å². The minimum absolute atomic E-state index is 0.146. The molecule has 10 nitrogen and oxygen atoms in total. The number of carbonyl (C=O) groups is 4. The Kier molecular flexibility index (Phi) is 24.7. The lowest BCUT2D eigenvalue weighted by Gasteiger charge is -2.17. The van der Waals surface area contributed by atoms with E-state index in [0.717, 1.165) is 22.3 Å². The highest BCUT2D eigenvalue weighted by Gasteiger charge is 2.23. The fourth-order valence-electron chi connectivity index (χ4n) is 4.29. The molecule has 4 aromatic carbocycles. The van der Waals surface area contributed by atoms with Gasteiger partial charge >= 0.3 is 18.2 Å². The summed E-state index contributed by atoms with van der Waals surface area (Å²) in [6, 6.07) is 36.1. The van der Waals surface area contributed by atoms with Gasteiger partial charge in [-0.1, -0.05) is 134 Å². The van der Waals surface area contributed by atoms with Gasteiger partial charge in [-0.2, -0.15) is 0 Å². The molecule has 2 atom stereocenters. The zero-order valence-corrected chi connectivity index (χ0v) is 31.3. The van der Waals surface area contributed by atoms with Crippen molar-refractivity contribution in [1.82, 2.24) is 10.6 Å². The topological polar surface area (TPSA) is 129 Å². The SMILES string of the molecule is C=S.CCOC(=O)C(Cc1ccccc1)NC(=O)OCc1ccccc1.COC.O=C(NC(Cc1ccccc1)C(=O)CCl)OCc1ccccc1. The molecule has 0 fully saturated rings. The number of ketones is 1. The highest BCUT2D eigenvalue weighted by Crippen LogP contribution is 2.08. The second kappa shape index (κ2) is 28.6. The number of alkyl carbamates (subject to hydrolysis) is 2. The average Bonchev–Trinajstić information content (AvgIpc) is 3.18. The Hall–Kier alpha value is -5.10. The van der Waals surface area contributed by atoms with E-state index in [-0.39, 0.29) is 31.5 Å². The minimum Gasteiger partial charge on any atom is -0.464 e. The predicted octanol–water partition coefficient (Wildman–Crippen LogP) is 7.30. The third-order valence-corrected chi connectivity index (χ3v) is 6.93. The maximum Gasteiger partial charge on any atom is 0.408 e. The van der Waals surface area contributed by atoms with Gasteiger partial charge in [0.05, 0.1) is 18.5 Å². The van der Waals surface area contributed by atoms with E-state index >= 15 is 0 Å². The summed E-state index contributed by atoms with van der Waals surface area (Å²) in [4.78, 5) is 47.9. The number of benzene rings is 4. The summed E-state index contributed by atoms with van der Waals surface area (Å²) in [6.07, 6.45) is -0.548. The highest BCUT2D eigenvalue weighted by molar-refractivity contribution is 7.77. The van der Waals surface area contributed by atoms with Gasteiger partial charge < -0.3 is 29.6 Å². The molecule has 278 valence electrons. The standard InChI is InChI=1S/C19H21NO4.C18H18ClNO3.C2H6O.CH2S/c1-2-23-18(21)17(13-15-9-5-3-6-10-15)20-19(22)24-14-16-11-7-4-8-12-16;19-12-17(21)16(11-14-7-3-1-4-8-14)20-18(22)23-13-15-9-5-2-6-10-15;1-3-2;1-2/h3-12,17H,2,13-14H2,1H3,(H,20,22);1-10,16H,11-13H2,(H,20,22);1-2H3;1H2. The lowest BCUT2D eigenvalue weighted by Crippen LogP contribution is -2.43. The number of hydrogen-bond acceptors (Lipinski definition) is 9. The van der Waals surface area contributed by atoms with Crippen LogP contribution < -0.4 is 10.6 Å². The zero-order valence-electron chi connectivity index (χ0n) is 29.7. The van der Waals surface area contributed by atoms with Crippen LogP contribution in [-0.4, -0.2) is 68.6 Å². The number of Topliss-reactive ketones (excluding diaryl/α,β-unsaturated/α-hetero) is 1. The maximum atomic E-state index is 12.1. The van der Waals surface area contributed by atoms with Gasteiger partial charge in [-0.05, 0) is 41.5 Å². The fourth-order valence-corrected chi connectivity index (χ4v) is 4.47. The highest BCUT2D eigenvalue weighted by atomic mass is 35.5. The van der Waals surface area contributed by atoms with Crippen LogP contribution in [0.3, 0.4) is 0 Å². The van der Waals surface area contributed by atoms with Gasteiger partial charge in [0.25, 0.3) is 0 Å². The molecule has 52 heavy (non-hydrogen) atoms. The zero-order chi connectivity index (χ0) is 38.4. The first-order valence-corrected chi connectivity index (χ1v) is 17.4. The van der Waals surface area contributed by atoms with Gasteiger partial charge in [-0.15, -0.1) is 11.6 Å². The van der Waals surface area contributed by atoms with Crippen LogP contribution in [0.4, 0.5) is 9.59 Å². The monoisotopic (exact) mass is 750 g/mol. The third kappa shape index (κ3) is 19.9. The molecule has 0 saturated heterocycles. The van der Waals surface area contributed by atoms with Crippen LogP contribution in [-0.2, 0) is 54.6 Å². The Morgan fingerprint density at radius 2 is 0.923 bits per heavy atom. The Morgan fingerprint density at radius 3 is 1.27 bits per heavy atom. The third-order valence-electron chi connectivity index (χ3n) is 6.67. The van der Waals surface area contributed by atoms with Gasteiger partial charge in [0, 0.05) is 20.6 Å². The number of methoxy groups -OCH3 is 1. The predicted molar refractivity (Wildman–Crippen MR) is 207 cm³/mol. The molecule has 0 bridgehead atoms. The van der Waals surface area contributed by atoms with Crippen LogP contribution in [0.2, 0.25) is 0 Å². The molecule has 2 unspecified atom stereocenters. The summed E-state index contributed by atoms with van der Waals surface area (Å²) in [5.74, 6) is 1.96. The van der Waals surface area contributed by atoms with Crippen LogP contribution in [0.25, 0.3) is 0 Å². The van der Waals surface area contributed by atoms with E-state index in [1.807, 2.05) is 121 Å². The Morgan fingerprint density at radius 1 is 0.596 bits per heavy atom. The van der Waals surface area contributed by atoms with Crippen LogP contribution in [0.15, 0.2) is 121 Å². The number of nitrogens with one attached hydrogen (secondary N) is 2. The summed E-state index contributed by atoms with van der Waals surface area (Å²) in [7, 11) is 3.25. The number of hydrogen-bond donors (Lipinski definition) is 2. The van der Waals surface area contributed by atoms with Crippen LogP contribution >= 0.6 is 23.8 Å². The van der Waals surface area contributed by atoms with E-state index in [1.54, 1.807) is 21.1 Å². The average molecular weight is 751 g/mol. The van der Waals surface area contributed by atoms with Crippen molar-refractivity contribution in [3.05, 3.63) is 144 Å². The molecule has 0 aliphatic carbocycles. The van der Waals surface area contributed by atoms with E-state index in [0.29, 0.717) is 12.8 Å². The second-order valence-corrected chi connectivity index (χ2v) is 10.9. The molecule has 4 rings (SSSR count). The van der Waals surface area contributed by atoms with Crippen molar-refractivity contribution < 1.29 is 38.1 Å². The number of rotatable bonds is 14. The lowest BCUT2D eigenvalue weighted by atomic mass is 10.0. The van der Waals surface area contributed by atoms with E-state index in [2.05, 4.69) is 33.5 Å². The quantitative estimate of drug-likeness (QED) is 0.0591. The lowest BCUT2D eigenvalue weighted by molar-refractivity contribution is -0.145. The van der Waals surface area contributed by atoms with Crippen LogP contribution in [0.1, 0.15) is 29.2 Å². The van der Waals surface area contributed by atoms with Gasteiger partial charge in [0.15, 0.2) is 5.78 Å². The summed E-state index contributed by atoms with van der Waals surface area (Å²) in [6.45, 7) is 2.28. The molecule has 0 aromatic heterocycles. The number of halogens is 1. The van der Waals surface area contributed by atoms with Crippen molar-refractivity contribution in [3.63, 3.8) is 0 Å². The van der Waals surface area contributed by atoms with Crippen molar-refractivity contribution in [2.45, 2.75) is 45.1 Å². The normalized spacial score (nSPS) is 10.8. The van der Waals surface area contributed by atoms with Gasteiger partial charge in [0.2, 0.25) is 0 Å². The maximum absolute atomic E-state index is 12.1. The summed E-state index contributed by atoms with van der Waals surface area (Å²) < 4.78 is 19.6. The second-order valence-electron chi connectivity index (χ2n) is 10.7. The van der Waals surface area contributed by atoms with E-state index in [9.17, 15) is 19.2 Å². The number of alkyl halides is 1. The van der Waals surface area contributed by atoms with E-state index in [4.69, 9.17) is 25.8 Å². The number of thiocarbonyl (C=S) groups is 1. The number of carbonyl (C=O) groups excluding carboxylic acids is 4. The van der Waals surface area contributed by atoms with Gasteiger partial charge in [0.1, 0.15) is 19.3 Å². The van der Waals surface area contributed by atoms with Gasteiger partial charge in [-0.25, -0.2) is 14.4 Å². The van der Waals surface area contributed by atoms with Gasteiger partial charge in [-0.3, -0.25) is 4.79 Å². The summed E-state index contributed by atoms with van der Waals surface area (Å²) in [5, 5.41) is 5.18. The molecular weight excluding hydrogens is 704 g/mol. The molecule has 0 aliphatic rings. The molecule has 12 heteroatoms. The molecule has 2 amide bonds. The molecule has 2 N–H and O–H groups in total. The Bertz CT molecular complexity index is 1550. The summed E-state index contributed by atoms with van der Waals surface area (Å²) in [5.41, 5.74) is 3.63. The van der Waals surface area contributed by atoms with Crippen LogP contribution in [0.5, 0.6) is 0 Å². The largest absolute Gasteiger partial charge is 0.464 e. The first-order valence-electron chi connectivity index (χ1n) is 16.3. The van der Waals surface area contributed by atoms with Crippen molar-refractivity contribution in [3.8, 4) is 0 Å². The first-order chi connectivity index (χ1) is 25.3. The Labute approximate surface area is 316 Å². The number of amides is 2. The van der Waals surface area contributed by atoms with Crippen molar-refractivity contribution in [2.75, 3.05) is 26.7 Å². The molecule has 0 heterocycles. The van der Waals surface area contributed by atoms with Crippen molar-refractivity contribution >= 4 is 53.6 Å². The molecule has 0 saturated carbocycles. The summed E-state index contributed by atoms with van der Waals surface area (Å²) >= 11 is 9.46. The van der Waals surface area contributed by atoms with Crippen LogP contribution in [0, 0.1) is 0 Å². The first kappa shape index (κ1) is 44.9. The minimum atomic E-state index is -0.782. The molecule has 0 radical (unpaired) electrons. The van der Waals surface area contributed by atoms with Crippen molar-refractivity contribution in [2.24, 2.45) is 0 Å². The number of esters is 1. The molecule has 4 aromatic rings. The van der Waals surface area contributed by atoms with E-state index in [1.165, 1.54) is 0 Å². The molecule has 0 aliphatic heterocycles.